The number of aromatic nitrogens is 2. The van der Waals surface area contributed by atoms with Crippen molar-refractivity contribution < 1.29 is 9.47 Å². The van der Waals surface area contributed by atoms with E-state index in [4.69, 9.17) is 14.5 Å². The number of rotatable bonds is 5. The standard InChI is InChI=1S/C21H24N2O2S/c1-14-11-18(15(2)23(14)12-16-7-6-10-25-16)19-13-26-21(22-19)17-8-4-5-9-20(17)24-3/h4-5,8-9,11,13,16H,6-7,10,12H2,1-3H3/t16-/m1/s1. The van der Waals surface area contributed by atoms with Crippen molar-refractivity contribution in [2.24, 2.45) is 0 Å². The molecule has 3 aromatic rings. The molecule has 136 valence electrons. The minimum atomic E-state index is 0.340. The minimum absolute atomic E-state index is 0.340. The fourth-order valence-corrected chi connectivity index (χ4v) is 4.53. The molecule has 2 aromatic heterocycles. The van der Waals surface area contributed by atoms with Crippen LogP contribution in [0.5, 0.6) is 5.75 Å². The largest absolute Gasteiger partial charge is 0.496 e. The van der Waals surface area contributed by atoms with Crippen molar-refractivity contribution in [1.29, 1.82) is 0 Å². The molecule has 1 aliphatic rings. The minimum Gasteiger partial charge on any atom is -0.496 e. The van der Waals surface area contributed by atoms with Crippen LogP contribution in [0.1, 0.15) is 24.2 Å². The third-order valence-corrected chi connectivity index (χ3v) is 5.98. The van der Waals surface area contributed by atoms with Crippen LogP contribution in [0, 0.1) is 13.8 Å². The topological polar surface area (TPSA) is 36.3 Å². The summed E-state index contributed by atoms with van der Waals surface area (Å²) in [5.41, 5.74) is 5.80. The second-order valence-electron chi connectivity index (χ2n) is 6.77. The Balaban J connectivity index is 1.65. The predicted molar refractivity (Wildman–Crippen MR) is 106 cm³/mol. The van der Waals surface area contributed by atoms with Crippen LogP contribution in [0.3, 0.4) is 0 Å². The van der Waals surface area contributed by atoms with E-state index in [0.717, 1.165) is 41.6 Å². The van der Waals surface area contributed by atoms with E-state index in [1.54, 1.807) is 18.4 Å². The van der Waals surface area contributed by atoms with Gasteiger partial charge in [-0.1, -0.05) is 12.1 Å². The molecule has 5 heteroatoms. The van der Waals surface area contributed by atoms with E-state index < -0.39 is 0 Å². The van der Waals surface area contributed by atoms with E-state index in [1.165, 1.54) is 23.4 Å². The molecule has 1 fully saturated rings. The summed E-state index contributed by atoms with van der Waals surface area (Å²) in [4.78, 5) is 4.90. The number of methoxy groups -OCH3 is 1. The van der Waals surface area contributed by atoms with Crippen LogP contribution < -0.4 is 4.74 Å². The van der Waals surface area contributed by atoms with E-state index in [-0.39, 0.29) is 0 Å². The number of thiazole rings is 1. The molecule has 0 N–H and O–H groups in total. The molecule has 4 rings (SSSR count). The van der Waals surface area contributed by atoms with Gasteiger partial charge in [0.1, 0.15) is 10.8 Å². The zero-order valence-electron chi connectivity index (χ0n) is 15.5. The first kappa shape index (κ1) is 17.3. The van der Waals surface area contributed by atoms with Gasteiger partial charge in [0.15, 0.2) is 0 Å². The van der Waals surface area contributed by atoms with Crippen molar-refractivity contribution >= 4 is 11.3 Å². The summed E-state index contributed by atoms with van der Waals surface area (Å²) in [5.74, 6) is 0.859. The van der Waals surface area contributed by atoms with Crippen LogP contribution in [0.2, 0.25) is 0 Å². The van der Waals surface area contributed by atoms with Gasteiger partial charge in [0, 0.05) is 35.5 Å². The van der Waals surface area contributed by atoms with E-state index >= 15 is 0 Å². The highest BCUT2D eigenvalue weighted by Crippen LogP contribution is 2.36. The number of para-hydroxylation sites is 1. The third kappa shape index (κ3) is 3.17. The highest BCUT2D eigenvalue weighted by Gasteiger charge is 2.20. The van der Waals surface area contributed by atoms with Crippen molar-refractivity contribution in [3.63, 3.8) is 0 Å². The Morgan fingerprint density at radius 2 is 2.12 bits per heavy atom. The molecule has 0 radical (unpaired) electrons. The van der Waals surface area contributed by atoms with Crippen molar-refractivity contribution in [2.45, 2.75) is 39.3 Å². The van der Waals surface area contributed by atoms with Gasteiger partial charge >= 0.3 is 0 Å². The van der Waals surface area contributed by atoms with Crippen LogP contribution >= 0.6 is 11.3 Å². The first-order valence-electron chi connectivity index (χ1n) is 9.05. The van der Waals surface area contributed by atoms with Crippen LogP contribution in [-0.4, -0.2) is 29.4 Å². The van der Waals surface area contributed by atoms with Crippen molar-refractivity contribution in [3.8, 4) is 27.6 Å². The van der Waals surface area contributed by atoms with Crippen LogP contribution in [-0.2, 0) is 11.3 Å². The number of nitrogens with zero attached hydrogens (tertiary/aromatic N) is 2. The highest BCUT2D eigenvalue weighted by atomic mass is 32.1. The van der Waals surface area contributed by atoms with E-state index in [2.05, 4.69) is 35.9 Å². The number of aryl methyl sites for hydroxylation is 1. The lowest BCUT2D eigenvalue weighted by Crippen LogP contribution is -2.16. The Morgan fingerprint density at radius 1 is 1.27 bits per heavy atom. The average molecular weight is 369 g/mol. The number of benzene rings is 1. The summed E-state index contributed by atoms with van der Waals surface area (Å²) in [7, 11) is 1.70. The predicted octanol–water partition coefficient (Wildman–Crippen LogP) is 5.08. The van der Waals surface area contributed by atoms with E-state index in [1.807, 2.05) is 18.2 Å². The molecule has 0 bridgehead atoms. The van der Waals surface area contributed by atoms with Gasteiger partial charge in [-0.15, -0.1) is 11.3 Å². The highest BCUT2D eigenvalue weighted by molar-refractivity contribution is 7.13. The number of ether oxygens (including phenoxy) is 2. The average Bonchev–Trinajstić information content (AvgIpc) is 3.39. The maximum Gasteiger partial charge on any atom is 0.129 e. The van der Waals surface area contributed by atoms with Crippen molar-refractivity contribution in [3.05, 3.63) is 47.1 Å². The summed E-state index contributed by atoms with van der Waals surface area (Å²) in [6.07, 6.45) is 2.67. The van der Waals surface area contributed by atoms with Gasteiger partial charge in [0.2, 0.25) is 0 Å². The Kier molecular flexibility index (Phi) is 4.83. The second kappa shape index (κ2) is 7.25. The fraction of sp³-hybridized carbons (Fsp3) is 0.381. The second-order valence-corrected chi connectivity index (χ2v) is 7.63. The van der Waals surface area contributed by atoms with Crippen molar-refractivity contribution in [2.75, 3.05) is 13.7 Å². The molecule has 1 aromatic carbocycles. The van der Waals surface area contributed by atoms with E-state index in [9.17, 15) is 0 Å². The van der Waals surface area contributed by atoms with E-state index in [0.29, 0.717) is 6.10 Å². The van der Waals surface area contributed by atoms with Gasteiger partial charge in [-0.3, -0.25) is 0 Å². The lowest BCUT2D eigenvalue weighted by molar-refractivity contribution is 0.0962. The first-order valence-corrected chi connectivity index (χ1v) is 9.93. The third-order valence-electron chi connectivity index (χ3n) is 5.10. The molecule has 26 heavy (non-hydrogen) atoms. The fourth-order valence-electron chi connectivity index (χ4n) is 3.68. The van der Waals surface area contributed by atoms with Crippen LogP contribution in [0.25, 0.3) is 21.8 Å². The van der Waals surface area contributed by atoms with Crippen molar-refractivity contribution in [1.82, 2.24) is 9.55 Å². The molecule has 0 spiro atoms. The summed E-state index contributed by atoms with van der Waals surface area (Å²) in [6.45, 7) is 6.17. The molecule has 1 aliphatic heterocycles. The molecule has 0 saturated carbocycles. The Bertz CT molecular complexity index is 907. The van der Waals surface area contributed by atoms with Gasteiger partial charge < -0.3 is 14.0 Å². The molecule has 1 saturated heterocycles. The Morgan fingerprint density at radius 3 is 2.88 bits per heavy atom. The van der Waals surface area contributed by atoms with Crippen LogP contribution in [0.15, 0.2) is 35.7 Å². The molecule has 0 aliphatic carbocycles. The molecular formula is C21H24N2O2S. The Hall–Kier alpha value is -2.11. The maximum absolute atomic E-state index is 5.82. The lowest BCUT2D eigenvalue weighted by atomic mass is 10.2. The smallest absolute Gasteiger partial charge is 0.129 e. The molecule has 3 heterocycles. The SMILES string of the molecule is COc1ccccc1-c1nc(-c2cc(C)n(C[C@H]3CCCO3)c2C)cs1. The summed E-state index contributed by atoms with van der Waals surface area (Å²) < 4.78 is 13.7. The number of hydrogen-bond donors (Lipinski definition) is 0. The van der Waals surface area contributed by atoms with Gasteiger partial charge in [-0.2, -0.15) is 0 Å². The quantitative estimate of drug-likeness (QED) is 0.630. The molecule has 4 nitrogen and oxygen atoms in total. The molecular weight excluding hydrogens is 344 g/mol. The normalized spacial score (nSPS) is 17.0. The van der Waals surface area contributed by atoms with Gasteiger partial charge in [0.05, 0.1) is 24.5 Å². The van der Waals surface area contributed by atoms with Crippen LogP contribution in [0.4, 0.5) is 0 Å². The van der Waals surface area contributed by atoms with Gasteiger partial charge in [-0.05, 0) is 44.9 Å². The summed E-state index contributed by atoms with van der Waals surface area (Å²) in [5, 5.41) is 3.13. The maximum atomic E-state index is 5.82. The molecule has 1 atom stereocenters. The molecule has 0 unspecified atom stereocenters. The first-order chi connectivity index (χ1) is 12.7. The summed E-state index contributed by atoms with van der Waals surface area (Å²) in [6, 6.07) is 10.3. The zero-order chi connectivity index (χ0) is 18.1. The monoisotopic (exact) mass is 368 g/mol. The Labute approximate surface area is 158 Å². The molecule has 0 amide bonds. The van der Waals surface area contributed by atoms with Gasteiger partial charge in [-0.25, -0.2) is 4.98 Å². The summed E-state index contributed by atoms with van der Waals surface area (Å²) >= 11 is 1.66. The lowest BCUT2D eigenvalue weighted by Gasteiger charge is -2.14. The number of hydrogen-bond acceptors (Lipinski definition) is 4. The zero-order valence-corrected chi connectivity index (χ0v) is 16.3. The van der Waals surface area contributed by atoms with Gasteiger partial charge in [0.25, 0.3) is 0 Å².